The zero-order valence-corrected chi connectivity index (χ0v) is 50.1. The summed E-state index contributed by atoms with van der Waals surface area (Å²) in [6, 6.07) is 31.6. The lowest BCUT2D eigenvalue weighted by Gasteiger charge is -2.17. The van der Waals surface area contributed by atoms with E-state index >= 15 is 0 Å². The molecule has 0 radical (unpaired) electrons. The highest BCUT2D eigenvalue weighted by molar-refractivity contribution is 6.13. The Morgan fingerprint density at radius 3 is 0.831 bits per heavy atom. The number of ether oxygens (including phenoxy) is 11. The van der Waals surface area contributed by atoms with Crippen molar-refractivity contribution >= 4 is 47.4 Å². The summed E-state index contributed by atoms with van der Waals surface area (Å²) in [7, 11) is 14.1. The number of hydrogen-bond donors (Lipinski definition) is 4. The molecule has 0 atom stereocenters. The summed E-state index contributed by atoms with van der Waals surface area (Å²) in [4.78, 5) is 55.4. The van der Waals surface area contributed by atoms with E-state index in [2.05, 4.69) is 0 Å². The molecule has 0 saturated carbocycles. The molecule has 19 heteroatoms. The Hall–Kier alpha value is -11.6. The molecule has 89 heavy (non-hydrogen) atoms. The Kier molecular flexibility index (Phi) is 20.3. The molecule has 4 N–H and O–H groups in total. The van der Waals surface area contributed by atoms with Crippen LogP contribution in [0.25, 0.3) is 46.6 Å². The number of carbonyl (C=O) groups is 4. The quantitative estimate of drug-likeness (QED) is 0.0290. The lowest BCUT2D eigenvalue weighted by molar-refractivity contribution is 0.103. The number of methoxy groups -OCH3 is 10. The fourth-order valence-electron chi connectivity index (χ4n) is 9.59. The topological polar surface area (TPSA) is 251 Å². The SMILES string of the molecule is COc1cc(O)c(C(=O)/C=C/c2ccc(OC)c(-c3cc(Oc4ccc(/C=C/C(=O)c5c(O)cc(OC)cc5OC)c(-c5cc(/C=C/C(=O)c6c(O)cc(OC)cc6OC)ccc5OC)c4)ccc3/C=C/C(=O)c3c(O)cc(OC)cc3OC)c2)c(OC)c1. The Morgan fingerprint density at radius 1 is 0.281 bits per heavy atom. The highest BCUT2D eigenvalue weighted by atomic mass is 16.5. The normalized spacial score (nSPS) is 11.2. The van der Waals surface area contributed by atoms with E-state index in [4.69, 9.17) is 52.1 Å². The molecule has 0 spiro atoms. The monoisotopic (exact) mass is 1210 g/mol. The number of allylic oxidation sites excluding steroid dienone is 4. The molecule has 0 bridgehead atoms. The minimum Gasteiger partial charge on any atom is -0.507 e. The summed E-state index contributed by atoms with van der Waals surface area (Å²) < 4.78 is 61.3. The standard InChI is InChI=1S/C70H62O19/c1-79-45-31-57(75)67(63(35-45)85-7)53(71)21-11-39-13-25-61(83-5)51(27-39)49-29-43(19-15-41(49)17-23-55(73)69-59(77)33-47(81-3)37-65(69)87-9)89-44-20-16-42(18-24-56(74)70-60(78)34-48(82-4)38-66(70)88-10)50(30-44)52-28-40(14-26-62(52)84-6)12-22-54(72)68-58(76)32-46(80-2)36-64(68)86-8/h11-38,75-78H,1-10H3/b21-11+,22-12+,23-17+,24-18+. The first-order valence-corrected chi connectivity index (χ1v) is 27.0. The number of phenols is 4. The molecule has 8 rings (SSSR count). The van der Waals surface area contributed by atoms with Crippen LogP contribution in [0, 0.1) is 0 Å². The van der Waals surface area contributed by atoms with Gasteiger partial charge in [-0.3, -0.25) is 19.2 Å². The smallest absolute Gasteiger partial charge is 0.193 e. The van der Waals surface area contributed by atoms with E-state index in [0.29, 0.717) is 56.0 Å². The lowest BCUT2D eigenvalue weighted by Crippen LogP contribution is -2.01. The molecule has 0 amide bonds. The van der Waals surface area contributed by atoms with Crippen LogP contribution in [0.2, 0.25) is 0 Å². The van der Waals surface area contributed by atoms with Crippen molar-refractivity contribution in [3.05, 3.63) is 190 Å². The minimum absolute atomic E-state index is 0.0730. The predicted octanol–water partition coefficient (Wildman–Crippen LogP) is 13.3. The first-order chi connectivity index (χ1) is 42.9. The van der Waals surface area contributed by atoms with Gasteiger partial charge in [-0.2, -0.15) is 0 Å². The molecule has 0 fully saturated rings. The number of rotatable bonds is 26. The molecular weight excluding hydrogens is 1140 g/mol. The Bertz CT molecular complexity index is 3890. The zero-order chi connectivity index (χ0) is 64.1. The van der Waals surface area contributed by atoms with Crippen molar-refractivity contribution in [1.29, 1.82) is 0 Å². The molecule has 8 aromatic carbocycles. The summed E-state index contributed by atoms with van der Waals surface area (Å²) in [6.07, 6.45) is 11.3. The van der Waals surface area contributed by atoms with E-state index in [0.717, 1.165) is 0 Å². The number of phenolic OH excluding ortho intramolecular Hbond substituents is 4. The van der Waals surface area contributed by atoms with E-state index in [1.54, 1.807) is 97.1 Å². The molecular formula is C70H62O19. The van der Waals surface area contributed by atoms with Gasteiger partial charge in [0.25, 0.3) is 0 Å². The fraction of sp³-hybridized carbons (Fsp3) is 0.143. The van der Waals surface area contributed by atoms with Gasteiger partial charge in [0.05, 0.1) is 71.1 Å². The second-order valence-corrected chi connectivity index (χ2v) is 19.2. The van der Waals surface area contributed by atoms with Crippen LogP contribution >= 0.6 is 0 Å². The van der Waals surface area contributed by atoms with Crippen LogP contribution in [0.3, 0.4) is 0 Å². The summed E-state index contributed by atoms with van der Waals surface area (Å²) in [5, 5.41) is 43.6. The van der Waals surface area contributed by atoms with Gasteiger partial charge in [0, 0.05) is 59.7 Å². The largest absolute Gasteiger partial charge is 0.507 e. The predicted molar refractivity (Wildman–Crippen MR) is 335 cm³/mol. The Balaban J connectivity index is 1.25. The van der Waals surface area contributed by atoms with Gasteiger partial charge in [-0.05, 0) is 106 Å². The van der Waals surface area contributed by atoms with Crippen LogP contribution in [0.5, 0.6) is 92.0 Å². The second-order valence-electron chi connectivity index (χ2n) is 19.2. The maximum Gasteiger partial charge on any atom is 0.193 e. The van der Waals surface area contributed by atoms with Crippen LogP contribution in [-0.2, 0) is 0 Å². The van der Waals surface area contributed by atoms with Gasteiger partial charge in [0.1, 0.15) is 114 Å². The van der Waals surface area contributed by atoms with Gasteiger partial charge in [-0.15, -0.1) is 0 Å². The third-order valence-corrected chi connectivity index (χ3v) is 14.0. The van der Waals surface area contributed by atoms with Crippen molar-refractivity contribution in [2.75, 3.05) is 71.1 Å². The van der Waals surface area contributed by atoms with Crippen molar-refractivity contribution in [2.45, 2.75) is 0 Å². The number of aromatic hydroxyl groups is 4. The fourth-order valence-corrected chi connectivity index (χ4v) is 9.59. The first kappa shape index (κ1) is 63.4. The van der Waals surface area contributed by atoms with E-state index in [1.807, 2.05) is 0 Å². The number of hydrogen-bond acceptors (Lipinski definition) is 19. The molecule has 0 aromatic heterocycles. The highest BCUT2D eigenvalue weighted by Crippen LogP contribution is 2.43. The lowest BCUT2D eigenvalue weighted by atomic mass is 9.95. The highest BCUT2D eigenvalue weighted by Gasteiger charge is 2.23. The van der Waals surface area contributed by atoms with Crippen molar-refractivity contribution in [3.63, 3.8) is 0 Å². The Morgan fingerprint density at radius 2 is 0.562 bits per heavy atom. The summed E-state index contributed by atoms with van der Waals surface area (Å²) in [6.45, 7) is 0. The van der Waals surface area contributed by atoms with Gasteiger partial charge >= 0.3 is 0 Å². The molecule has 19 nitrogen and oxygen atoms in total. The van der Waals surface area contributed by atoms with Gasteiger partial charge in [0.15, 0.2) is 23.1 Å². The first-order valence-electron chi connectivity index (χ1n) is 27.0. The van der Waals surface area contributed by atoms with Crippen LogP contribution in [0.15, 0.2) is 146 Å². The summed E-state index contributed by atoms with van der Waals surface area (Å²) in [5.41, 5.74) is 3.49. The van der Waals surface area contributed by atoms with Gasteiger partial charge in [-0.1, -0.05) is 48.6 Å². The maximum atomic E-state index is 14.0. The van der Waals surface area contributed by atoms with Crippen molar-refractivity contribution in [2.24, 2.45) is 0 Å². The van der Waals surface area contributed by atoms with Gasteiger partial charge in [-0.25, -0.2) is 0 Å². The van der Waals surface area contributed by atoms with Crippen LogP contribution in [-0.4, -0.2) is 115 Å². The van der Waals surface area contributed by atoms with Crippen molar-refractivity contribution in [1.82, 2.24) is 0 Å². The van der Waals surface area contributed by atoms with E-state index in [1.165, 1.54) is 144 Å². The maximum absolute atomic E-state index is 14.0. The molecule has 0 saturated heterocycles. The Labute approximate surface area is 512 Å². The molecule has 8 aromatic rings. The van der Waals surface area contributed by atoms with Crippen LogP contribution in [0.4, 0.5) is 0 Å². The van der Waals surface area contributed by atoms with Crippen molar-refractivity contribution in [3.8, 4) is 114 Å². The van der Waals surface area contributed by atoms with Crippen LogP contribution in [0.1, 0.15) is 63.7 Å². The summed E-state index contributed by atoms with van der Waals surface area (Å²) >= 11 is 0. The molecule has 0 aliphatic carbocycles. The number of carbonyl (C=O) groups excluding carboxylic acids is 4. The third-order valence-electron chi connectivity index (χ3n) is 14.0. The van der Waals surface area contributed by atoms with E-state index in [-0.39, 0.29) is 103 Å². The summed E-state index contributed by atoms with van der Waals surface area (Å²) in [5.74, 6) is -1.02. The second kappa shape index (κ2) is 28.5. The average molecular weight is 1210 g/mol. The number of benzene rings is 8. The van der Waals surface area contributed by atoms with E-state index in [9.17, 15) is 39.6 Å². The molecule has 0 unspecified atom stereocenters. The van der Waals surface area contributed by atoms with Crippen LogP contribution < -0.4 is 52.1 Å². The number of ketones is 4. The van der Waals surface area contributed by atoms with E-state index < -0.39 is 23.1 Å². The van der Waals surface area contributed by atoms with Gasteiger partial charge < -0.3 is 72.5 Å². The zero-order valence-electron chi connectivity index (χ0n) is 50.1. The van der Waals surface area contributed by atoms with Crippen molar-refractivity contribution < 1.29 is 91.7 Å². The molecule has 0 heterocycles. The molecule has 0 aliphatic rings. The van der Waals surface area contributed by atoms with Gasteiger partial charge in [0.2, 0.25) is 0 Å². The molecule has 0 aliphatic heterocycles. The minimum atomic E-state index is -0.602. The molecule has 456 valence electrons. The average Bonchev–Trinajstić information content (AvgIpc) is 3.14. The third kappa shape index (κ3) is 14.2.